The maximum atomic E-state index is 11.4. The minimum atomic E-state index is -0.108. The number of hydrogen-bond donors (Lipinski definition) is 1. The van der Waals surface area contributed by atoms with E-state index in [0.29, 0.717) is 6.61 Å². The molecule has 3 heteroatoms. The van der Waals surface area contributed by atoms with Gasteiger partial charge in [-0.1, -0.05) is 17.7 Å². The number of anilines is 1. The van der Waals surface area contributed by atoms with Crippen LogP contribution in [0.5, 0.6) is 0 Å². The summed E-state index contributed by atoms with van der Waals surface area (Å²) in [5.41, 5.74) is 3.11. The zero-order valence-electron chi connectivity index (χ0n) is 9.46. The van der Waals surface area contributed by atoms with E-state index in [0.717, 1.165) is 11.3 Å². The SMILES string of the molecule is CCOCC(=O)Nc1ccc(C)cc1C. The third-order valence-corrected chi connectivity index (χ3v) is 2.09. The van der Waals surface area contributed by atoms with Crippen molar-refractivity contribution in [2.75, 3.05) is 18.5 Å². The Morgan fingerprint density at radius 3 is 2.73 bits per heavy atom. The van der Waals surface area contributed by atoms with E-state index in [4.69, 9.17) is 4.74 Å². The van der Waals surface area contributed by atoms with Crippen LogP contribution in [0.3, 0.4) is 0 Å². The second kappa shape index (κ2) is 5.51. The van der Waals surface area contributed by atoms with Gasteiger partial charge >= 0.3 is 0 Å². The fourth-order valence-electron chi connectivity index (χ4n) is 1.33. The van der Waals surface area contributed by atoms with E-state index in [1.165, 1.54) is 5.56 Å². The van der Waals surface area contributed by atoms with Gasteiger partial charge in [-0.2, -0.15) is 0 Å². The summed E-state index contributed by atoms with van der Waals surface area (Å²) in [6.07, 6.45) is 0. The monoisotopic (exact) mass is 207 g/mol. The average molecular weight is 207 g/mol. The van der Waals surface area contributed by atoms with Crippen LogP contribution in [0.1, 0.15) is 18.1 Å². The van der Waals surface area contributed by atoms with Gasteiger partial charge in [-0.3, -0.25) is 4.79 Å². The first-order valence-electron chi connectivity index (χ1n) is 5.08. The third kappa shape index (κ3) is 3.72. The molecule has 0 spiro atoms. The van der Waals surface area contributed by atoms with Gasteiger partial charge in [0.15, 0.2) is 0 Å². The zero-order chi connectivity index (χ0) is 11.3. The Balaban J connectivity index is 2.60. The second-order valence-corrected chi connectivity index (χ2v) is 3.50. The summed E-state index contributed by atoms with van der Waals surface area (Å²) in [6, 6.07) is 5.92. The highest BCUT2D eigenvalue weighted by molar-refractivity contribution is 5.92. The largest absolute Gasteiger partial charge is 0.372 e. The predicted molar refractivity (Wildman–Crippen MR) is 61.0 cm³/mol. The Labute approximate surface area is 90.4 Å². The highest BCUT2D eigenvalue weighted by Crippen LogP contribution is 2.15. The number of ether oxygens (including phenoxy) is 1. The minimum absolute atomic E-state index is 0.108. The van der Waals surface area contributed by atoms with E-state index in [2.05, 4.69) is 5.32 Å². The fraction of sp³-hybridized carbons (Fsp3) is 0.417. The number of rotatable bonds is 4. The quantitative estimate of drug-likeness (QED) is 0.822. The van der Waals surface area contributed by atoms with Crippen LogP contribution < -0.4 is 5.32 Å². The molecular weight excluding hydrogens is 190 g/mol. The minimum Gasteiger partial charge on any atom is -0.372 e. The molecule has 1 aromatic carbocycles. The second-order valence-electron chi connectivity index (χ2n) is 3.50. The Morgan fingerprint density at radius 2 is 2.13 bits per heavy atom. The van der Waals surface area contributed by atoms with E-state index in [1.54, 1.807) is 0 Å². The van der Waals surface area contributed by atoms with E-state index in [9.17, 15) is 4.79 Å². The molecular formula is C12H17NO2. The summed E-state index contributed by atoms with van der Waals surface area (Å²) in [4.78, 5) is 11.4. The van der Waals surface area contributed by atoms with Crippen molar-refractivity contribution >= 4 is 11.6 Å². The topological polar surface area (TPSA) is 38.3 Å². The lowest BCUT2D eigenvalue weighted by atomic mass is 10.1. The molecule has 82 valence electrons. The lowest BCUT2D eigenvalue weighted by Crippen LogP contribution is -2.18. The average Bonchev–Trinajstić information content (AvgIpc) is 2.19. The molecule has 0 aliphatic heterocycles. The fourth-order valence-corrected chi connectivity index (χ4v) is 1.33. The van der Waals surface area contributed by atoms with Crippen LogP contribution in [0.2, 0.25) is 0 Å². The summed E-state index contributed by atoms with van der Waals surface area (Å²) in [5, 5.41) is 2.81. The molecule has 0 atom stereocenters. The predicted octanol–water partition coefficient (Wildman–Crippen LogP) is 2.28. The number of carbonyl (C=O) groups excluding carboxylic acids is 1. The number of aryl methyl sites for hydroxylation is 2. The van der Waals surface area contributed by atoms with Crippen molar-refractivity contribution in [1.82, 2.24) is 0 Å². The molecule has 1 aromatic rings. The lowest BCUT2D eigenvalue weighted by molar-refractivity contribution is -0.120. The number of amides is 1. The van der Waals surface area contributed by atoms with Gasteiger partial charge < -0.3 is 10.1 Å². The van der Waals surface area contributed by atoms with Gasteiger partial charge in [0.2, 0.25) is 5.91 Å². The Bertz CT molecular complexity index is 347. The molecule has 0 fully saturated rings. The summed E-state index contributed by atoms with van der Waals surface area (Å²) in [6.45, 7) is 6.54. The molecule has 0 heterocycles. The van der Waals surface area contributed by atoms with Gasteiger partial charge in [-0.25, -0.2) is 0 Å². The van der Waals surface area contributed by atoms with Gasteiger partial charge in [0.1, 0.15) is 6.61 Å². The first-order chi connectivity index (χ1) is 7.13. The maximum Gasteiger partial charge on any atom is 0.250 e. The first-order valence-corrected chi connectivity index (χ1v) is 5.08. The molecule has 1 rings (SSSR count). The first kappa shape index (κ1) is 11.7. The number of carbonyl (C=O) groups is 1. The molecule has 0 aliphatic carbocycles. The number of nitrogens with one attached hydrogen (secondary N) is 1. The molecule has 15 heavy (non-hydrogen) atoms. The van der Waals surface area contributed by atoms with Crippen LogP contribution in [0.15, 0.2) is 18.2 Å². The van der Waals surface area contributed by atoms with Crippen LogP contribution in [0.4, 0.5) is 5.69 Å². The molecule has 0 unspecified atom stereocenters. The van der Waals surface area contributed by atoms with Crippen molar-refractivity contribution in [3.8, 4) is 0 Å². The van der Waals surface area contributed by atoms with Gasteiger partial charge in [0.25, 0.3) is 0 Å². The molecule has 0 saturated heterocycles. The van der Waals surface area contributed by atoms with Crippen molar-refractivity contribution < 1.29 is 9.53 Å². The molecule has 1 amide bonds. The van der Waals surface area contributed by atoms with Crippen LogP contribution in [-0.4, -0.2) is 19.1 Å². The van der Waals surface area contributed by atoms with Gasteiger partial charge in [0.05, 0.1) is 0 Å². The van der Waals surface area contributed by atoms with E-state index < -0.39 is 0 Å². The van der Waals surface area contributed by atoms with Crippen LogP contribution in [0.25, 0.3) is 0 Å². The summed E-state index contributed by atoms with van der Waals surface area (Å²) in [7, 11) is 0. The molecule has 0 aliphatic rings. The van der Waals surface area contributed by atoms with Crippen molar-refractivity contribution in [2.45, 2.75) is 20.8 Å². The molecule has 3 nitrogen and oxygen atoms in total. The summed E-state index contributed by atoms with van der Waals surface area (Å²) < 4.78 is 5.02. The van der Waals surface area contributed by atoms with Gasteiger partial charge in [-0.15, -0.1) is 0 Å². The Kier molecular flexibility index (Phi) is 4.31. The van der Waals surface area contributed by atoms with Crippen molar-refractivity contribution in [2.24, 2.45) is 0 Å². The van der Waals surface area contributed by atoms with E-state index in [-0.39, 0.29) is 12.5 Å². The summed E-state index contributed by atoms with van der Waals surface area (Å²) >= 11 is 0. The van der Waals surface area contributed by atoms with Crippen LogP contribution in [0, 0.1) is 13.8 Å². The van der Waals surface area contributed by atoms with Crippen molar-refractivity contribution in [3.63, 3.8) is 0 Å². The number of benzene rings is 1. The molecule has 0 aromatic heterocycles. The lowest BCUT2D eigenvalue weighted by Gasteiger charge is -2.08. The smallest absolute Gasteiger partial charge is 0.250 e. The third-order valence-electron chi connectivity index (χ3n) is 2.09. The highest BCUT2D eigenvalue weighted by Gasteiger charge is 2.03. The van der Waals surface area contributed by atoms with Crippen LogP contribution >= 0.6 is 0 Å². The van der Waals surface area contributed by atoms with Crippen molar-refractivity contribution in [3.05, 3.63) is 29.3 Å². The molecule has 0 saturated carbocycles. The number of hydrogen-bond acceptors (Lipinski definition) is 2. The maximum absolute atomic E-state index is 11.4. The van der Waals surface area contributed by atoms with E-state index in [1.807, 2.05) is 39.0 Å². The van der Waals surface area contributed by atoms with Gasteiger partial charge in [0, 0.05) is 12.3 Å². The summed E-state index contributed by atoms with van der Waals surface area (Å²) in [5.74, 6) is -0.108. The van der Waals surface area contributed by atoms with Gasteiger partial charge in [-0.05, 0) is 32.4 Å². The molecule has 0 radical (unpaired) electrons. The zero-order valence-corrected chi connectivity index (χ0v) is 9.46. The van der Waals surface area contributed by atoms with Crippen molar-refractivity contribution in [1.29, 1.82) is 0 Å². The molecule has 0 bridgehead atoms. The highest BCUT2D eigenvalue weighted by atomic mass is 16.5. The standard InChI is InChI=1S/C12H17NO2/c1-4-15-8-12(14)13-11-6-5-9(2)7-10(11)3/h5-7H,4,8H2,1-3H3,(H,13,14). The Hall–Kier alpha value is -1.35. The van der Waals surface area contributed by atoms with E-state index >= 15 is 0 Å². The Morgan fingerprint density at radius 1 is 1.40 bits per heavy atom. The normalized spacial score (nSPS) is 10.1. The molecule has 1 N–H and O–H groups in total. The van der Waals surface area contributed by atoms with Crippen LogP contribution in [-0.2, 0) is 9.53 Å².